The van der Waals surface area contributed by atoms with Gasteiger partial charge in [-0.25, -0.2) is 0 Å². The van der Waals surface area contributed by atoms with E-state index in [-0.39, 0.29) is 0 Å². The van der Waals surface area contributed by atoms with Crippen LogP contribution in [-0.4, -0.2) is 0 Å². The van der Waals surface area contributed by atoms with Gasteiger partial charge in [-0.2, -0.15) is 0 Å². The number of hydrogen-bond donors (Lipinski definition) is 0. The van der Waals surface area contributed by atoms with Crippen LogP contribution in [0.3, 0.4) is 0 Å². The molecular weight excluding hydrogens is 144 g/mol. The first-order valence-electron chi connectivity index (χ1n) is 3.89. The molecule has 1 aliphatic carbocycles. The molecule has 0 N–H and O–H groups in total. The van der Waals surface area contributed by atoms with Crippen molar-refractivity contribution in [2.45, 2.75) is 6.42 Å². The fraction of sp³-hybridized carbons (Fsp3) is 0.0833. The average molecular weight is 152 g/mol. The van der Waals surface area contributed by atoms with Gasteiger partial charge < -0.3 is 0 Å². The van der Waals surface area contributed by atoms with Crippen LogP contribution in [-0.2, 0) is 6.42 Å². The van der Waals surface area contributed by atoms with Gasteiger partial charge in [0.2, 0.25) is 0 Å². The van der Waals surface area contributed by atoms with E-state index >= 15 is 0 Å². The van der Waals surface area contributed by atoms with E-state index in [1.165, 1.54) is 11.1 Å². The number of fused-ring (bicyclic) bond motifs is 1. The highest BCUT2D eigenvalue weighted by Crippen LogP contribution is 2.26. The van der Waals surface area contributed by atoms with Crippen LogP contribution in [0.5, 0.6) is 0 Å². The summed E-state index contributed by atoms with van der Waals surface area (Å²) in [6, 6.07) is 8.24. The molecule has 0 aromatic heterocycles. The SMILES string of the molecule is C=C=C=C1[C]c2ccccc2C1. The molecule has 0 unspecified atom stereocenters. The smallest absolute Gasteiger partial charge is 0.0555 e. The standard InChI is InChI=1S/C12H8/c1-2-5-10-8-11-6-3-4-7-12(11)9-10/h3-4,6-7H,1,8H2. The fourth-order valence-corrected chi connectivity index (χ4v) is 1.38. The molecule has 0 aliphatic heterocycles. The Morgan fingerprint density at radius 3 is 2.92 bits per heavy atom. The van der Waals surface area contributed by atoms with Crippen molar-refractivity contribution < 1.29 is 0 Å². The Bertz CT molecular complexity index is 359. The van der Waals surface area contributed by atoms with Crippen molar-refractivity contribution in [3.05, 3.63) is 65.4 Å². The van der Waals surface area contributed by atoms with Crippen molar-refractivity contribution in [3.63, 3.8) is 0 Å². The summed E-state index contributed by atoms with van der Waals surface area (Å²) in [5, 5.41) is 0. The first-order chi connectivity index (χ1) is 5.90. The number of benzene rings is 1. The monoisotopic (exact) mass is 152 g/mol. The van der Waals surface area contributed by atoms with E-state index in [1.807, 2.05) is 12.1 Å². The molecule has 1 aromatic carbocycles. The number of allylic oxidation sites excluding steroid dienone is 1. The van der Waals surface area contributed by atoms with Gasteiger partial charge in [0.15, 0.2) is 0 Å². The third-order valence-corrected chi connectivity index (χ3v) is 1.91. The van der Waals surface area contributed by atoms with E-state index < -0.39 is 0 Å². The molecule has 0 spiro atoms. The van der Waals surface area contributed by atoms with Gasteiger partial charge in [-0.1, -0.05) is 35.7 Å². The van der Waals surface area contributed by atoms with E-state index in [0.717, 1.165) is 12.0 Å². The highest BCUT2D eigenvalue weighted by atomic mass is 14.2. The minimum absolute atomic E-state index is 0.915. The minimum atomic E-state index is 0.915. The molecule has 1 aromatic rings. The molecule has 56 valence electrons. The van der Waals surface area contributed by atoms with Gasteiger partial charge in [-0.05, 0) is 23.3 Å². The van der Waals surface area contributed by atoms with Crippen LogP contribution in [0.4, 0.5) is 0 Å². The molecule has 0 saturated heterocycles. The van der Waals surface area contributed by atoms with Crippen LogP contribution in [0, 0.1) is 6.42 Å². The molecule has 2 rings (SSSR count). The zero-order valence-electron chi connectivity index (χ0n) is 6.72. The van der Waals surface area contributed by atoms with Gasteiger partial charge in [-0.15, -0.1) is 0 Å². The fourth-order valence-electron chi connectivity index (χ4n) is 1.38. The van der Waals surface area contributed by atoms with Crippen LogP contribution in [0.1, 0.15) is 11.1 Å². The van der Waals surface area contributed by atoms with Gasteiger partial charge >= 0.3 is 0 Å². The van der Waals surface area contributed by atoms with Crippen LogP contribution in [0.15, 0.2) is 47.9 Å². The quantitative estimate of drug-likeness (QED) is 0.501. The summed E-state index contributed by atoms with van der Waals surface area (Å²) >= 11 is 0. The molecule has 1 aliphatic rings. The normalized spacial score (nSPS) is 13.5. The summed E-state index contributed by atoms with van der Waals surface area (Å²) in [6.07, 6.45) is 4.15. The van der Waals surface area contributed by atoms with E-state index in [9.17, 15) is 0 Å². The molecule has 2 radical (unpaired) electrons. The van der Waals surface area contributed by atoms with Crippen molar-refractivity contribution >= 4 is 0 Å². The van der Waals surface area contributed by atoms with Gasteiger partial charge in [0.25, 0.3) is 0 Å². The van der Waals surface area contributed by atoms with Gasteiger partial charge in [-0.3, -0.25) is 0 Å². The van der Waals surface area contributed by atoms with Crippen molar-refractivity contribution in [3.8, 4) is 0 Å². The summed E-state index contributed by atoms with van der Waals surface area (Å²) in [4.78, 5) is 0. The lowest BCUT2D eigenvalue weighted by Gasteiger charge is -1.91. The van der Waals surface area contributed by atoms with Gasteiger partial charge in [0.05, 0.1) is 6.42 Å². The van der Waals surface area contributed by atoms with Crippen molar-refractivity contribution in [1.29, 1.82) is 0 Å². The number of rotatable bonds is 0. The third-order valence-electron chi connectivity index (χ3n) is 1.91. The summed E-state index contributed by atoms with van der Waals surface area (Å²) in [7, 11) is 0. The Balaban J connectivity index is 2.46. The summed E-state index contributed by atoms with van der Waals surface area (Å²) in [6.45, 7) is 3.49. The zero-order chi connectivity index (χ0) is 8.39. The van der Waals surface area contributed by atoms with Crippen LogP contribution in [0.25, 0.3) is 0 Å². The maximum atomic E-state index is 3.49. The maximum absolute atomic E-state index is 3.49. The van der Waals surface area contributed by atoms with Gasteiger partial charge in [0, 0.05) is 6.42 Å². The molecule has 0 heterocycles. The molecule has 0 atom stereocenters. The first-order valence-corrected chi connectivity index (χ1v) is 3.89. The second-order valence-corrected chi connectivity index (χ2v) is 2.74. The minimum Gasteiger partial charge on any atom is -0.0781 e. The zero-order valence-corrected chi connectivity index (χ0v) is 6.72. The largest absolute Gasteiger partial charge is 0.0781 e. The summed E-state index contributed by atoms with van der Waals surface area (Å²) < 4.78 is 0. The Morgan fingerprint density at radius 1 is 1.33 bits per heavy atom. The first kappa shape index (κ1) is 7.18. The Hall–Kier alpha value is -1.48. The van der Waals surface area contributed by atoms with E-state index in [4.69, 9.17) is 0 Å². The van der Waals surface area contributed by atoms with Crippen molar-refractivity contribution in [2.75, 3.05) is 0 Å². The van der Waals surface area contributed by atoms with Crippen LogP contribution < -0.4 is 0 Å². The van der Waals surface area contributed by atoms with E-state index in [1.54, 1.807) is 0 Å². The van der Waals surface area contributed by atoms with E-state index in [0.29, 0.717) is 0 Å². The Labute approximate surface area is 72.5 Å². The predicted molar refractivity (Wildman–Crippen MR) is 48.7 cm³/mol. The topological polar surface area (TPSA) is 0 Å². The molecule has 0 heteroatoms. The molecule has 0 nitrogen and oxygen atoms in total. The molecule has 0 bridgehead atoms. The Morgan fingerprint density at radius 2 is 2.17 bits per heavy atom. The number of hydrogen-bond acceptors (Lipinski definition) is 0. The molecule has 0 amide bonds. The molecule has 12 heavy (non-hydrogen) atoms. The lowest BCUT2D eigenvalue weighted by molar-refractivity contribution is 1.26. The van der Waals surface area contributed by atoms with Crippen molar-refractivity contribution in [1.82, 2.24) is 0 Å². The highest BCUT2D eigenvalue weighted by molar-refractivity contribution is 5.48. The lowest BCUT2D eigenvalue weighted by Crippen LogP contribution is -1.76. The summed E-state index contributed by atoms with van der Waals surface area (Å²) in [5.41, 5.74) is 9.12. The molecular formula is C12H8. The maximum Gasteiger partial charge on any atom is 0.0555 e. The van der Waals surface area contributed by atoms with Crippen LogP contribution in [0.2, 0.25) is 0 Å². The van der Waals surface area contributed by atoms with Gasteiger partial charge in [0.1, 0.15) is 0 Å². The predicted octanol–water partition coefficient (Wildman–Crippen LogP) is 2.54. The molecule has 0 saturated carbocycles. The lowest BCUT2D eigenvalue weighted by atomic mass is 10.1. The summed E-state index contributed by atoms with van der Waals surface area (Å²) in [5.74, 6) is 0. The average Bonchev–Trinajstić information content (AvgIpc) is 2.47. The highest BCUT2D eigenvalue weighted by Gasteiger charge is 2.14. The third kappa shape index (κ3) is 1.14. The Kier molecular flexibility index (Phi) is 1.72. The molecule has 0 fully saturated rings. The van der Waals surface area contributed by atoms with E-state index in [2.05, 4.69) is 36.6 Å². The second-order valence-electron chi connectivity index (χ2n) is 2.74. The van der Waals surface area contributed by atoms with Crippen molar-refractivity contribution in [2.24, 2.45) is 0 Å². The second kappa shape index (κ2) is 2.87. The van der Waals surface area contributed by atoms with Crippen LogP contribution >= 0.6 is 0 Å².